The van der Waals surface area contributed by atoms with Gasteiger partial charge in [0.2, 0.25) is 5.91 Å². The summed E-state index contributed by atoms with van der Waals surface area (Å²) in [6.07, 6.45) is 3.19. The van der Waals surface area contributed by atoms with E-state index < -0.39 is 0 Å². The largest absolute Gasteiger partial charge is 0.491 e. The van der Waals surface area contributed by atoms with Crippen LogP contribution in [0.3, 0.4) is 0 Å². The molecule has 0 unspecified atom stereocenters. The third-order valence-corrected chi connectivity index (χ3v) is 6.25. The molecule has 2 aliphatic heterocycles. The lowest BCUT2D eigenvalue weighted by molar-refractivity contribution is -0.129. The fourth-order valence-electron chi connectivity index (χ4n) is 4.61. The molecule has 2 aromatic rings. The second-order valence-corrected chi connectivity index (χ2v) is 9.32. The van der Waals surface area contributed by atoms with Gasteiger partial charge >= 0.3 is 0 Å². The molecule has 7 nitrogen and oxygen atoms in total. The van der Waals surface area contributed by atoms with Gasteiger partial charge in [0, 0.05) is 38.0 Å². The van der Waals surface area contributed by atoms with Gasteiger partial charge in [-0.2, -0.15) is 0 Å². The van der Waals surface area contributed by atoms with E-state index in [0.717, 1.165) is 66.6 Å². The van der Waals surface area contributed by atoms with Crippen LogP contribution >= 0.6 is 0 Å². The number of nitrogens with one attached hydrogen (secondary N) is 1. The number of ether oxygens (including phenoxy) is 1. The van der Waals surface area contributed by atoms with Gasteiger partial charge in [-0.15, -0.1) is 0 Å². The summed E-state index contributed by atoms with van der Waals surface area (Å²) < 4.78 is 5.84. The van der Waals surface area contributed by atoms with Crippen LogP contribution in [0.5, 0.6) is 5.75 Å². The van der Waals surface area contributed by atoms with Crippen molar-refractivity contribution in [1.29, 1.82) is 0 Å². The average molecular weight is 438 g/mol. The van der Waals surface area contributed by atoms with Crippen molar-refractivity contribution in [2.75, 3.05) is 32.0 Å². The van der Waals surface area contributed by atoms with E-state index in [9.17, 15) is 4.79 Å². The van der Waals surface area contributed by atoms with E-state index in [0.29, 0.717) is 25.6 Å². The van der Waals surface area contributed by atoms with Crippen molar-refractivity contribution in [3.63, 3.8) is 0 Å². The van der Waals surface area contributed by atoms with Gasteiger partial charge in [0.05, 0.1) is 18.3 Å². The lowest BCUT2D eigenvalue weighted by atomic mass is 9.96. The van der Waals surface area contributed by atoms with Crippen LogP contribution in [0.25, 0.3) is 0 Å². The maximum Gasteiger partial charge on any atom is 0.219 e. The Morgan fingerprint density at radius 1 is 1.28 bits per heavy atom. The highest BCUT2D eigenvalue weighted by Gasteiger charge is 2.27. The summed E-state index contributed by atoms with van der Waals surface area (Å²) in [5, 5.41) is 3.58. The highest BCUT2D eigenvalue weighted by atomic mass is 16.5. The Morgan fingerprint density at radius 3 is 2.88 bits per heavy atom. The molecule has 1 N–H and O–H groups in total. The van der Waals surface area contributed by atoms with Gasteiger partial charge in [-0.1, -0.05) is 12.1 Å². The molecule has 7 heteroatoms. The maximum absolute atomic E-state index is 12.0. The molecular weight excluding hydrogens is 402 g/mol. The molecule has 1 aromatic carbocycles. The Balaban J connectivity index is 1.59. The van der Waals surface area contributed by atoms with Crippen LogP contribution in [0.2, 0.25) is 0 Å². The monoisotopic (exact) mass is 437 g/mol. The Hall–Kier alpha value is -2.67. The molecule has 1 amide bonds. The Labute approximate surface area is 191 Å². The van der Waals surface area contributed by atoms with Crippen LogP contribution in [-0.2, 0) is 24.3 Å². The number of hydrogen-bond acceptors (Lipinski definition) is 6. The maximum atomic E-state index is 12.0. The number of likely N-dealkylation sites (tertiary alicyclic amines) is 1. The molecule has 0 radical (unpaired) electrons. The van der Waals surface area contributed by atoms with Gasteiger partial charge in [-0.3, -0.25) is 4.79 Å². The molecule has 1 saturated heterocycles. The second kappa shape index (κ2) is 9.86. The molecule has 172 valence electrons. The van der Waals surface area contributed by atoms with Crippen LogP contribution < -0.4 is 10.1 Å². The zero-order valence-corrected chi connectivity index (χ0v) is 19.7. The zero-order valence-electron chi connectivity index (χ0n) is 19.7. The van der Waals surface area contributed by atoms with Gasteiger partial charge in [-0.05, 0) is 64.4 Å². The number of nitrogens with zero attached hydrogens (tertiary/aromatic N) is 4. The zero-order chi connectivity index (χ0) is 22.7. The third-order valence-electron chi connectivity index (χ3n) is 6.25. The van der Waals surface area contributed by atoms with Crippen molar-refractivity contribution in [2.45, 2.75) is 65.1 Å². The Kier molecular flexibility index (Phi) is 6.94. The van der Waals surface area contributed by atoms with E-state index in [1.807, 2.05) is 30.9 Å². The molecule has 32 heavy (non-hydrogen) atoms. The highest BCUT2D eigenvalue weighted by molar-refractivity contribution is 5.73. The second-order valence-electron chi connectivity index (χ2n) is 9.32. The smallest absolute Gasteiger partial charge is 0.219 e. The fourth-order valence-corrected chi connectivity index (χ4v) is 4.61. The first-order valence-electron chi connectivity index (χ1n) is 11.7. The van der Waals surface area contributed by atoms with Crippen LogP contribution in [0.1, 0.15) is 62.2 Å². The molecule has 0 aliphatic carbocycles. The topological polar surface area (TPSA) is 70.6 Å². The quantitative estimate of drug-likeness (QED) is 0.745. The number of carbonyl (C=O) groups excluding carboxylic acids is 1. The van der Waals surface area contributed by atoms with Crippen molar-refractivity contribution >= 4 is 11.7 Å². The van der Waals surface area contributed by atoms with E-state index in [-0.39, 0.29) is 12.0 Å². The number of benzene rings is 1. The van der Waals surface area contributed by atoms with Crippen molar-refractivity contribution in [3.8, 4) is 5.75 Å². The van der Waals surface area contributed by atoms with Gasteiger partial charge in [0.15, 0.2) is 0 Å². The van der Waals surface area contributed by atoms with Crippen LogP contribution in [0, 0.1) is 0 Å². The van der Waals surface area contributed by atoms with E-state index in [4.69, 9.17) is 14.7 Å². The lowest BCUT2D eigenvalue weighted by Gasteiger charge is -2.32. The molecule has 1 aromatic heterocycles. The van der Waals surface area contributed by atoms with E-state index >= 15 is 0 Å². The third kappa shape index (κ3) is 5.38. The molecule has 0 saturated carbocycles. The number of fused-ring (bicyclic) bond motifs is 1. The van der Waals surface area contributed by atoms with Crippen LogP contribution in [0.4, 0.5) is 5.82 Å². The van der Waals surface area contributed by atoms with Gasteiger partial charge < -0.3 is 19.9 Å². The summed E-state index contributed by atoms with van der Waals surface area (Å²) in [5.41, 5.74) is 3.28. The number of piperidine rings is 1. The normalized spacial score (nSPS) is 19.0. The number of amides is 1. The predicted molar refractivity (Wildman–Crippen MR) is 126 cm³/mol. The molecule has 1 atom stereocenters. The number of carbonyl (C=O) groups is 1. The fraction of sp³-hybridized carbons (Fsp3) is 0.560. The minimum atomic E-state index is 0.102. The summed E-state index contributed by atoms with van der Waals surface area (Å²) >= 11 is 0. The summed E-state index contributed by atoms with van der Waals surface area (Å²) in [7, 11) is 2.16. The number of rotatable bonds is 6. The van der Waals surface area contributed by atoms with Crippen molar-refractivity contribution in [3.05, 3.63) is 46.9 Å². The minimum Gasteiger partial charge on any atom is -0.491 e. The number of likely N-dealkylation sites (N-methyl/N-ethyl adjacent to an activating group) is 1. The highest BCUT2D eigenvalue weighted by Crippen LogP contribution is 2.30. The van der Waals surface area contributed by atoms with Crippen molar-refractivity contribution in [2.24, 2.45) is 0 Å². The molecule has 0 bridgehead atoms. The first-order chi connectivity index (χ1) is 15.4. The first kappa shape index (κ1) is 22.5. The standard InChI is InChI=1S/C25H35N5O2/c1-17(2)32-21-9-5-7-19(13-21)14-26-25-22-10-12-30(18(3)31)16-23(22)27-24(28-25)20-8-6-11-29(4)15-20/h5,7,9,13,17,20H,6,8,10-12,14-16H2,1-4H3,(H,26,27,28)/t20-/m0/s1. The first-order valence-corrected chi connectivity index (χ1v) is 11.7. The van der Waals surface area contributed by atoms with Crippen molar-refractivity contribution in [1.82, 2.24) is 19.8 Å². The average Bonchev–Trinajstić information content (AvgIpc) is 2.76. The molecular formula is C25H35N5O2. The minimum absolute atomic E-state index is 0.102. The number of hydrogen-bond donors (Lipinski definition) is 1. The van der Waals surface area contributed by atoms with Gasteiger partial charge in [-0.25, -0.2) is 9.97 Å². The molecule has 4 rings (SSSR count). The van der Waals surface area contributed by atoms with E-state index in [2.05, 4.69) is 29.4 Å². The number of aromatic nitrogens is 2. The number of anilines is 1. The lowest BCUT2D eigenvalue weighted by Crippen LogP contribution is -2.36. The van der Waals surface area contributed by atoms with Crippen molar-refractivity contribution < 1.29 is 9.53 Å². The molecule has 2 aliphatic rings. The Bertz CT molecular complexity index is 961. The Morgan fingerprint density at radius 2 is 2.12 bits per heavy atom. The summed E-state index contributed by atoms with van der Waals surface area (Å²) in [5.74, 6) is 3.13. The molecule has 0 spiro atoms. The SMILES string of the molecule is CC(=O)N1CCc2c(nc([C@H]3CCCN(C)C3)nc2NCc2cccc(OC(C)C)c2)C1. The molecule has 3 heterocycles. The summed E-state index contributed by atoms with van der Waals surface area (Å²) in [4.78, 5) is 26.2. The molecule has 1 fully saturated rings. The summed E-state index contributed by atoms with van der Waals surface area (Å²) in [6, 6.07) is 8.19. The summed E-state index contributed by atoms with van der Waals surface area (Å²) in [6.45, 7) is 9.74. The van der Waals surface area contributed by atoms with Crippen LogP contribution in [-0.4, -0.2) is 58.5 Å². The van der Waals surface area contributed by atoms with E-state index in [1.54, 1.807) is 6.92 Å². The van der Waals surface area contributed by atoms with Gasteiger partial charge in [0.25, 0.3) is 0 Å². The predicted octanol–water partition coefficient (Wildman–Crippen LogP) is 3.59. The van der Waals surface area contributed by atoms with Crippen LogP contribution in [0.15, 0.2) is 24.3 Å². The van der Waals surface area contributed by atoms with Gasteiger partial charge in [0.1, 0.15) is 17.4 Å². The van der Waals surface area contributed by atoms with E-state index in [1.165, 1.54) is 0 Å².